The summed E-state index contributed by atoms with van der Waals surface area (Å²) in [6.07, 6.45) is 0. The van der Waals surface area contributed by atoms with E-state index in [9.17, 15) is 9.59 Å². The van der Waals surface area contributed by atoms with E-state index in [-0.39, 0.29) is 5.91 Å². The summed E-state index contributed by atoms with van der Waals surface area (Å²) in [6, 6.07) is 12.8. The highest BCUT2D eigenvalue weighted by Gasteiger charge is 2.11. The van der Waals surface area contributed by atoms with Crippen molar-refractivity contribution in [2.45, 2.75) is 12.7 Å². The van der Waals surface area contributed by atoms with Gasteiger partial charge in [0.2, 0.25) is 5.91 Å². The van der Waals surface area contributed by atoms with Crippen LogP contribution in [0.5, 0.6) is 0 Å². The van der Waals surface area contributed by atoms with E-state index in [0.717, 1.165) is 5.75 Å². The third kappa shape index (κ3) is 5.28. The van der Waals surface area contributed by atoms with Crippen LogP contribution in [0.25, 0.3) is 0 Å². The third-order valence-electron chi connectivity index (χ3n) is 3.28. The summed E-state index contributed by atoms with van der Waals surface area (Å²) in [4.78, 5) is 23.6. The van der Waals surface area contributed by atoms with Gasteiger partial charge < -0.3 is 10.1 Å². The van der Waals surface area contributed by atoms with Crippen LogP contribution in [0.15, 0.2) is 42.5 Å². The van der Waals surface area contributed by atoms with Crippen molar-refractivity contribution in [1.29, 1.82) is 0 Å². The number of carbonyl (C=O) groups excluding carboxylic acids is 2. The van der Waals surface area contributed by atoms with Crippen molar-refractivity contribution in [2.24, 2.45) is 0 Å². The number of anilines is 1. The van der Waals surface area contributed by atoms with Gasteiger partial charge in [-0.3, -0.25) is 4.79 Å². The van der Waals surface area contributed by atoms with Gasteiger partial charge in [0.1, 0.15) is 0 Å². The molecule has 2 rings (SSSR count). The molecule has 0 heterocycles. The van der Waals surface area contributed by atoms with Crippen LogP contribution in [0.1, 0.15) is 21.5 Å². The minimum absolute atomic E-state index is 0.170. The second kappa shape index (κ2) is 8.76. The van der Waals surface area contributed by atoms with Crippen molar-refractivity contribution >= 4 is 40.9 Å². The maximum absolute atomic E-state index is 12.1. The first-order chi connectivity index (χ1) is 11.5. The van der Waals surface area contributed by atoms with Crippen molar-refractivity contribution in [2.75, 3.05) is 18.2 Å². The lowest BCUT2D eigenvalue weighted by Crippen LogP contribution is -2.15. The molecule has 0 aliphatic carbocycles. The first-order valence-corrected chi connectivity index (χ1v) is 8.84. The van der Waals surface area contributed by atoms with Gasteiger partial charge in [-0.05, 0) is 30.7 Å². The fraction of sp³-hybridized carbons (Fsp3) is 0.222. The second-order valence-corrected chi connectivity index (χ2v) is 6.61. The van der Waals surface area contributed by atoms with Gasteiger partial charge in [-0.1, -0.05) is 41.4 Å². The largest absolute Gasteiger partial charge is 0.465 e. The normalized spacial score (nSPS) is 10.3. The molecule has 126 valence electrons. The summed E-state index contributed by atoms with van der Waals surface area (Å²) in [7, 11) is 1.30. The van der Waals surface area contributed by atoms with Crippen molar-refractivity contribution in [3.8, 4) is 0 Å². The molecule has 1 N–H and O–H groups in total. The number of ether oxygens (including phenoxy) is 1. The molecule has 0 saturated heterocycles. The minimum Gasteiger partial charge on any atom is -0.465 e. The standard InChI is InChI=1S/C18H18ClNO3S/c1-12-3-5-13(6-4-12)10-24-11-17(21)20-16-9-14(18(22)23-2)7-8-15(16)19/h3-9H,10-11H2,1-2H3,(H,20,21). The maximum Gasteiger partial charge on any atom is 0.337 e. The summed E-state index contributed by atoms with van der Waals surface area (Å²) in [5, 5.41) is 3.10. The number of benzene rings is 2. The number of nitrogens with one attached hydrogen (secondary N) is 1. The molecule has 0 fully saturated rings. The molecule has 0 saturated carbocycles. The predicted octanol–water partition coefficient (Wildman–Crippen LogP) is 4.31. The zero-order chi connectivity index (χ0) is 17.5. The fourth-order valence-electron chi connectivity index (χ4n) is 2.00. The van der Waals surface area contributed by atoms with E-state index in [1.807, 2.05) is 19.1 Å². The van der Waals surface area contributed by atoms with Gasteiger partial charge >= 0.3 is 5.97 Å². The number of thioether (sulfide) groups is 1. The van der Waals surface area contributed by atoms with Crippen LogP contribution in [0.3, 0.4) is 0 Å². The molecule has 0 atom stereocenters. The molecule has 6 heteroatoms. The Bertz CT molecular complexity index is 732. The number of aryl methyl sites for hydroxylation is 1. The van der Waals surface area contributed by atoms with Crippen molar-refractivity contribution in [3.05, 3.63) is 64.2 Å². The Morgan fingerprint density at radius 1 is 1.17 bits per heavy atom. The molecule has 2 aromatic carbocycles. The molecule has 0 aliphatic rings. The third-order valence-corrected chi connectivity index (χ3v) is 4.62. The van der Waals surface area contributed by atoms with Crippen molar-refractivity contribution in [3.63, 3.8) is 0 Å². The molecule has 4 nitrogen and oxygen atoms in total. The average Bonchev–Trinajstić information content (AvgIpc) is 2.58. The molecule has 1 amide bonds. The van der Waals surface area contributed by atoms with E-state index < -0.39 is 5.97 Å². The molecule has 0 radical (unpaired) electrons. The Morgan fingerprint density at radius 3 is 2.54 bits per heavy atom. The summed E-state index contributed by atoms with van der Waals surface area (Å²) in [6.45, 7) is 2.04. The summed E-state index contributed by atoms with van der Waals surface area (Å²) in [5.41, 5.74) is 3.12. The molecule has 0 unspecified atom stereocenters. The maximum atomic E-state index is 12.1. The lowest BCUT2D eigenvalue weighted by molar-refractivity contribution is -0.113. The summed E-state index contributed by atoms with van der Waals surface area (Å²) >= 11 is 7.57. The predicted molar refractivity (Wildman–Crippen MR) is 98.8 cm³/mol. The fourth-order valence-corrected chi connectivity index (χ4v) is 2.95. The molecule has 0 bridgehead atoms. The number of esters is 1. The minimum atomic E-state index is -0.476. The Kier molecular flexibility index (Phi) is 6.70. The van der Waals surface area contributed by atoms with E-state index in [2.05, 4.69) is 22.2 Å². The molecule has 0 aliphatic heterocycles. The van der Waals surface area contributed by atoms with Crippen LogP contribution in [-0.2, 0) is 15.3 Å². The number of halogens is 1. The Labute approximate surface area is 150 Å². The van der Waals surface area contributed by atoms with E-state index >= 15 is 0 Å². The number of methoxy groups -OCH3 is 1. The number of hydrogen-bond donors (Lipinski definition) is 1. The van der Waals surface area contributed by atoms with Gasteiger partial charge in [0.05, 0.1) is 29.1 Å². The first kappa shape index (κ1) is 18.4. The van der Waals surface area contributed by atoms with Gasteiger partial charge in [0.15, 0.2) is 0 Å². The smallest absolute Gasteiger partial charge is 0.337 e. The Hall–Kier alpha value is -1.98. The zero-order valence-corrected chi connectivity index (χ0v) is 15.0. The van der Waals surface area contributed by atoms with Crippen LogP contribution in [0.4, 0.5) is 5.69 Å². The van der Waals surface area contributed by atoms with Gasteiger partial charge in [0, 0.05) is 5.75 Å². The number of rotatable bonds is 6. The van der Waals surface area contributed by atoms with E-state index in [1.165, 1.54) is 36.1 Å². The lowest BCUT2D eigenvalue weighted by atomic mass is 10.2. The van der Waals surface area contributed by atoms with Crippen LogP contribution in [-0.4, -0.2) is 24.7 Å². The highest BCUT2D eigenvalue weighted by atomic mass is 35.5. The molecule has 2 aromatic rings. The highest BCUT2D eigenvalue weighted by Crippen LogP contribution is 2.24. The Morgan fingerprint density at radius 2 is 1.88 bits per heavy atom. The quantitative estimate of drug-likeness (QED) is 0.777. The molecular formula is C18H18ClNO3S. The summed E-state index contributed by atoms with van der Waals surface area (Å²) < 4.78 is 4.66. The van der Waals surface area contributed by atoms with Crippen molar-refractivity contribution in [1.82, 2.24) is 0 Å². The van der Waals surface area contributed by atoms with Crippen LogP contribution >= 0.6 is 23.4 Å². The van der Waals surface area contributed by atoms with Crippen LogP contribution in [0.2, 0.25) is 5.02 Å². The van der Waals surface area contributed by atoms with Gasteiger partial charge in [-0.2, -0.15) is 0 Å². The van der Waals surface area contributed by atoms with Gasteiger partial charge in [-0.25, -0.2) is 4.79 Å². The van der Waals surface area contributed by atoms with Crippen LogP contribution in [0, 0.1) is 6.92 Å². The van der Waals surface area contributed by atoms with E-state index in [1.54, 1.807) is 12.1 Å². The zero-order valence-electron chi connectivity index (χ0n) is 13.5. The number of amides is 1. The van der Waals surface area contributed by atoms with Gasteiger partial charge in [0.25, 0.3) is 0 Å². The first-order valence-electron chi connectivity index (χ1n) is 7.30. The second-order valence-electron chi connectivity index (χ2n) is 5.21. The molecule has 24 heavy (non-hydrogen) atoms. The van der Waals surface area contributed by atoms with E-state index in [0.29, 0.717) is 22.0 Å². The molecule has 0 spiro atoms. The van der Waals surface area contributed by atoms with Gasteiger partial charge in [-0.15, -0.1) is 11.8 Å². The van der Waals surface area contributed by atoms with Crippen molar-refractivity contribution < 1.29 is 14.3 Å². The monoisotopic (exact) mass is 363 g/mol. The number of carbonyl (C=O) groups is 2. The van der Waals surface area contributed by atoms with E-state index in [4.69, 9.17) is 11.6 Å². The topological polar surface area (TPSA) is 55.4 Å². The highest BCUT2D eigenvalue weighted by molar-refractivity contribution is 7.99. The lowest BCUT2D eigenvalue weighted by Gasteiger charge is -2.09. The molecular weight excluding hydrogens is 346 g/mol. The van der Waals surface area contributed by atoms with Crippen LogP contribution < -0.4 is 5.32 Å². The number of hydrogen-bond acceptors (Lipinski definition) is 4. The Balaban J connectivity index is 1.90. The summed E-state index contributed by atoms with van der Waals surface area (Å²) in [5.74, 6) is 0.406. The molecule has 0 aromatic heterocycles. The SMILES string of the molecule is COC(=O)c1ccc(Cl)c(NC(=O)CSCc2ccc(C)cc2)c1. The average molecular weight is 364 g/mol.